The van der Waals surface area contributed by atoms with E-state index in [0.29, 0.717) is 19.8 Å². The van der Waals surface area contributed by atoms with Gasteiger partial charge in [-0.25, -0.2) is 0 Å². The van der Waals surface area contributed by atoms with E-state index >= 15 is 0 Å². The van der Waals surface area contributed by atoms with Crippen molar-refractivity contribution < 1.29 is 9.53 Å². The predicted octanol–water partition coefficient (Wildman–Crippen LogP) is 0.219. The highest BCUT2D eigenvalue weighted by Crippen LogP contribution is 2.17. The molecule has 14 heavy (non-hydrogen) atoms. The van der Waals surface area contributed by atoms with Gasteiger partial charge in [-0.2, -0.15) is 0 Å². The number of nitrogens with zero attached hydrogens (tertiary/aromatic N) is 1. The minimum atomic E-state index is 0.130. The van der Waals surface area contributed by atoms with Gasteiger partial charge in [0.15, 0.2) is 0 Å². The Balaban J connectivity index is 2.46. The van der Waals surface area contributed by atoms with Crippen LogP contribution in [-0.2, 0) is 9.53 Å². The van der Waals surface area contributed by atoms with Gasteiger partial charge >= 0.3 is 0 Å². The quantitative estimate of drug-likeness (QED) is 0.709. The molecule has 0 spiro atoms. The van der Waals surface area contributed by atoms with Gasteiger partial charge in [0, 0.05) is 38.8 Å². The molecule has 1 rings (SSSR count). The second-order valence-corrected chi connectivity index (χ2v) is 3.92. The lowest BCUT2D eigenvalue weighted by Gasteiger charge is -2.30. The van der Waals surface area contributed by atoms with E-state index in [1.54, 1.807) is 4.90 Å². The summed E-state index contributed by atoms with van der Waals surface area (Å²) in [5, 5.41) is 0. The molecule has 1 aliphatic heterocycles. The lowest BCUT2D eigenvalue weighted by atomic mass is 9.98. The number of hydrogen-bond donors (Lipinski definition) is 1. The molecule has 0 aliphatic carbocycles. The molecule has 0 saturated carbocycles. The van der Waals surface area contributed by atoms with Crippen LogP contribution in [0, 0.1) is 5.92 Å². The van der Waals surface area contributed by atoms with Crippen LogP contribution < -0.4 is 5.73 Å². The molecule has 0 aromatic carbocycles. The van der Waals surface area contributed by atoms with Crippen LogP contribution in [0.3, 0.4) is 0 Å². The van der Waals surface area contributed by atoms with Crippen molar-refractivity contribution >= 4 is 5.91 Å². The molecule has 0 radical (unpaired) electrons. The van der Waals surface area contributed by atoms with E-state index in [-0.39, 0.29) is 17.9 Å². The van der Waals surface area contributed by atoms with E-state index in [9.17, 15) is 4.79 Å². The zero-order chi connectivity index (χ0) is 10.6. The number of carbonyl (C=O) groups excluding carboxylic acids is 1. The van der Waals surface area contributed by atoms with Crippen LogP contribution in [0.5, 0.6) is 0 Å². The van der Waals surface area contributed by atoms with E-state index in [4.69, 9.17) is 10.5 Å². The normalized spacial score (nSPS) is 20.5. The number of hydrogen-bond acceptors (Lipinski definition) is 3. The third-order valence-electron chi connectivity index (χ3n) is 2.92. The third-order valence-corrected chi connectivity index (χ3v) is 2.92. The van der Waals surface area contributed by atoms with Crippen LogP contribution >= 0.6 is 0 Å². The molecule has 2 N–H and O–H groups in total. The maximum absolute atomic E-state index is 11.9. The Bertz CT molecular complexity index is 187. The zero-order valence-corrected chi connectivity index (χ0v) is 9.03. The summed E-state index contributed by atoms with van der Waals surface area (Å²) in [6.07, 6.45) is 1.70. The van der Waals surface area contributed by atoms with Crippen LogP contribution in [0.15, 0.2) is 0 Å². The average Bonchev–Trinajstić information content (AvgIpc) is 2.27. The SMILES string of the molecule is CC(CN)N(C)C(=O)C1CCOCC1. The molecule has 0 bridgehead atoms. The maximum atomic E-state index is 11.9. The fourth-order valence-corrected chi connectivity index (χ4v) is 1.61. The molecule has 0 aromatic rings. The first-order valence-electron chi connectivity index (χ1n) is 5.21. The van der Waals surface area contributed by atoms with Crippen molar-refractivity contribution in [2.45, 2.75) is 25.8 Å². The maximum Gasteiger partial charge on any atom is 0.225 e. The standard InChI is InChI=1S/C10H20N2O2/c1-8(7-11)12(2)10(13)9-3-5-14-6-4-9/h8-9H,3-7,11H2,1-2H3. The molecule has 0 aromatic heterocycles. The van der Waals surface area contributed by atoms with Crippen molar-refractivity contribution in [1.29, 1.82) is 0 Å². The molecule has 4 heteroatoms. The third kappa shape index (κ3) is 2.69. The number of nitrogens with two attached hydrogens (primary N) is 1. The van der Waals surface area contributed by atoms with Crippen molar-refractivity contribution in [2.24, 2.45) is 11.7 Å². The van der Waals surface area contributed by atoms with Gasteiger partial charge in [0.1, 0.15) is 0 Å². The fraction of sp³-hybridized carbons (Fsp3) is 0.900. The first-order valence-corrected chi connectivity index (χ1v) is 5.21. The van der Waals surface area contributed by atoms with Crippen molar-refractivity contribution in [3.8, 4) is 0 Å². The summed E-state index contributed by atoms with van der Waals surface area (Å²) in [4.78, 5) is 13.7. The van der Waals surface area contributed by atoms with Gasteiger partial charge in [0.25, 0.3) is 0 Å². The van der Waals surface area contributed by atoms with Gasteiger partial charge in [-0.05, 0) is 19.8 Å². The summed E-state index contributed by atoms with van der Waals surface area (Å²) >= 11 is 0. The van der Waals surface area contributed by atoms with E-state index in [1.807, 2.05) is 14.0 Å². The average molecular weight is 200 g/mol. The van der Waals surface area contributed by atoms with Gasteiger partial charge in [0.2, 0.25) is 5.91 Å². The molecular formula is C10H20N2O2. The first-order chi connectivity index (χ1) is 6.66. The van der Waals surface area contributed by atoms with Gasteiger partial charge in [-0.1, -0.05) is 0 Å². The molecule has 1 unspecified atom stereocenters. The number of carbonyl (C=O) groups is 1. The minimum Gasteiger partial charge on any atom is -0.381 e. The smallest absolute Gasteiger partial charge is 0.225 e. The van der Waals surface area contributed by atoms with E-state index in [2.05, 4.69) is 0 Å². The lowest BCUT2D eigenvalue weighted by molar-refractivity contribution is -0.138. The number of amides is 1. The largest absolute Gasteiger partial charge is 0.381 e. The van der Waals surface area contributed by atoms with Crippen molar-refractivity contribution in [1.82, 2.24) is 4.90 Å². The Labute approximate surface area is 85.4 Å². The number of likely N-dealkylation sites (N-methyl/N-ethyl adjacent to an activating group) is 1. The molecular weight excluding hydrogens is 180 g/mol. The first kappa shape index (κ1) is 11.5. The Hall–Kier alpha value is -0.610. The van der Waals surface area contributed by atoms with Crippen LogP contribution in [-0.4, -0.2) is 43.7 Å². The number of rotatable bonds is 3. The van der Waals surface area contributed by atoms with Crippen molar-refractivity contribution in [2.75, 3.05) is 26.8 Å². The summed E-state index contributed by atoms with van der Waals surface area (Å²) in [5.74, 6) is 0.356. The minimum absolute atomic E-state index is 0.130. The predicted molar refractivity (Wildman–Crippen MR) is 54.8 cm³/mol. The van der Waals surface area contributed by atoms with E-state index in [1.165, 1.54) is 0 Å². The van der Waals surface area contributed by atoms with E-state index < -0.39 is 0 Å². The molecule has 1 fully saturated rings. The van der Waals surface area contributed by atoms with Gasteiger partial charge in [-0.3, -0.25) is 4.79 Å². The summed E-state index contributed by atoms with van der Waals surface area (Å²) in [5.41, 5.74) is 5.52. The molecule has 1 atom stereocenters. The van der Waals surface area contributed by atoms with Gasteiger partial charge < -0.3 is 15.4 Å². The summed E-state index contributed by atoms with van der Waals surface area (Å²) in [7, 11) is 1.83. The Kier molecular flexibility index (Phi) is 4.35. The molecule has 1 saturated heterocycles. The summed E-state index contributed by atoms with van der Waals surface area (Å²) in [6.45, 7) is 3.91. The van der Waals surface area contributed by atoms with Crippen molar-refractivity contribution in [3.05, 3.63) is 0 Å². The topological polar surface area (TPSA) is 55.6 Å². The Morgan fingerprint density at radius 2 is 2.14 bits per heavy atom. The Morgan fingerprint density at radius 1 is 1.57 bits per heavy atom. The summed E-state index contributed by atoms with van der Waals surface area (Å²) < 4.78 is 5.22. The molecule has 82 valence electrons. The second-order valence-electron chi connectivity index (χ2n) is 3.92. The Morgan fingerprint density at radius 3 is 2.64 bits per heavy atom. The fourth-order valence-electron chi connectivity index (χ4n) is 1.61. The summed E-state index contributed by atoms with van der Waals surface area (Å²) in [6, 6.07) is 0.130. The van der Waals surface area contributed by atoms with E-state index in [0.717, 1.165) is 12.8 Å². The highest BCUT2D eigenvalue weighted by atomic mass is 16.5. The van der Waals surface area contributed by atoms with Crippen LogP contribution in [0.25, 0.3) is 0 Å². The zero-order valence-electron chi connectivity index (χ0n) is 9.03. The number of ether oxygens (including phenoxy) is 1. The molecule has 1 amide bonds. The van der Waals surface area contributed by atoms with Crippen LogP contribution in [0.2, 0.25) is 0 Å². The highest BCUT2D eigenvalue weighted by molar-refractivity contribution is 5.78. The second kappa shape index (κ2) is 5.32. The highest BCUT2D eigenvalue weighted by Gasteiger charge is 2.26. The molecule has 1 aliphatic rings. The molecule has 1 heterocycles. The van der Waals surface area contributed by atoms with Gasteiger partial charge in [0.05, 0.1) is 0 Å². The lowest BCUT2D eigenvalue weighted by Crippen LogP contribution is -2.44. The monoisotopic (exact) mass is 200 g/mol. The van der Waals surface area contributed by atoms with Gasteiger partial charge in [-0.15, -0.1) is 0 Å². The van der Waals surface area contributed by atoms with Crippen LogP contribution in [0.1, 0.15) is 19.8 Å². The van der Waals surface area contributed by atoms with Crippen LogP contribution in [0.4, 0.5) is 0 Å². The van der Waals surface area contributed by atoms with Crippen molar-refractivity contribution in [3.63, 3.8) is 0 Å². The molecule has 4 nitrogen and oxygen atoms in total.